The van der Waals surface area contributed by atoms with Crippen molar-refractivity contribution in [3.8, 4) is 10.4 Å². The molecule has 0 aliphatic rings. The van der Waals surface area contributed by atoms with Gasteiger partial charge in [0.15, 0.2) is 0 Å². The van der Waals surface area contributed by atoms with Crippen molar-refractivity contribution < 1.29 is 0 Å². The maximum atomic E-state index is 3.60. The molecule has 0 spiro atoms. The van der Waals surface area contributed by atoms with Crippen LogP contribution in [0.3, 0.4) is 0 Å². The average molecular weight is 281 g/mol. The molecule has 0 aliphatic heterocycles. The van der Waals surface area contributed by atoms with Crippen LogP contribution in [-0.4, -0.2) is 0 Å². The van der Waals surface area contributed by atoms with Crippen LogP contribution >= 0.6 is 27.3 Å². The molecule has 0 unspecified atom stereocenters. The SMILES string of the molecule is CCc1cc(C)ccc1-c1sccc1Br. The highest BCUT2D eigenvalue weighted by molar-refractivity contribution is 9.10. The fourth-order valence-corrected chi connectivity index (χ4v) is 3.37. The Morgan fingerprint density at radius 3 is 2.67 bits per heavy atom. The molecule has 0 nitrogen and oxygen atoms in total. The minimum absolute atomic E-state index is 1.08. The molecule has 2 aromatic rings. The van der Waals surface area contributed by atoms with E-state index in [1.165, 1.54) is 26.0 Å². The Morgan fingerprint density at radius 2 is 2.07 bits per heavy atom. The molecule has 1 heterocycles. The minimum Gasteiger partial charge on any atom is -0.143 e. The van der Waals surface area contributed by atoms with Crippen molar-refractivity contribution in [2.75, 3.05) is 0 Å². The van der Waals surface area contributed by atoms with Crippen molar-refractivity contribution in [1.82, 2.24) is 0 Å². The molecule has 0 N–H and O–H groups in total. The van der Waals surface area contributed by atoms with Crippen molar-refractivity contribution >= 4 is 27.3 Å². The van der Waals surface area contributed by atoms with Gasteiger partial charge in [-0.2, -0.15) is 0 Å². The van der Waals surface area contributed by atoms with Gasteiger partial charge in [-0.25, -0.2) is 0 Å². The third kappa shape index (κ3) is 2.16. The van der Waals surface area contributed by atoms with Crippen LogP contribution in [0.2, 0.25) is 0 Å². The molecule has 78 valence electrons. The summed E-state index contributed by atoms with van der Waals surface area (Å²) in [5, 5.41) is 2.12. The van der Waals surface area contributed by atoms with E-state index in [0.29, 0.717) is 0 Å². The minimum atomic E-state index is 1.08. The smallest absolute Gasteiger partial charge is 0.0487 e. The van der Waals surface area contributed by atoms with E-state index in [0.717, 1.165) is 6.42 Å². The highest BCUT2D eigenvalue weighted by atomic mass is 79.9. The summed E-state index contributed by atoms with van der Waals surface area (Å²) in [6, 6.07) is 8.80. The summed E-state index contributed by atoms with van der Waals surface area (Å²) in [5.74, 6) is 0. The van der Waals surface area contributed by atoms with Crippen LogP contribution in [0.5, 0.6) is 0 Å². The van der Waals surface area contributed by atoms with Gasteiger partial charge >= 0.3 is 0 Å². The molecule has 0 radical (unpaired) electrons. The first kappa shape index (κ1) is 10.9. The zero-order valence-electron chi connectivity index (χ0n) is 8.88. The molecule has 0 atom stereocenters. The summed E-state index contributed by atoms with van der Waals surface area (Å²) in [6.45, 7) is 4.35. The van der Waals surface area contributed by atoms with E-state index in [-0.39, 0.29) is 0 Å². The zero-order chi connectivity index (χ0) is 10.8. The first-order valence-electron chi connectivity index (χ1n) is 5.05. The van der Waals surface area contributed by atoms with Gasteiger partial charge in [0.25, 0.3) is 0 Å². The zero-order valence-corrected chi connectivity index (χ0v) is 11.3. The molecule has 0 saturated carbocycles. The Kier molecular flexibility index (Phi) is 3.27. The normalized spacial score (nSPS) is 10.6. The van der Waals surface area contributed by atoms with Gasteiger partial charge in [0.2, 0.25) is 0 Å². The van der Waals surface area contributed by atoms with E-state index in [1.807, 2.05) is 0 Å². The number of hydrogen-bond donors (Lipinski definition) is 0. The number of rotatable bonds is 2. The van der Waals surface area contributed by atoms with Gasteiger partial charge in [-0.3, -0.25) is 0 Å². The van der Waals surface area contributed by atoms with E-state index < -0.39 is 0 Å². The second-order valence-corrected chi connectivity index (χ2v) is 5.38. The van der Waals surface area contributed by atoms with Crippen LogP contribution in [0, 0.1) is 6.92 Å². The van der Waals surface area contributed by atoms with E-state index in [4.69, 9.17) is 0 Å². The lowest BCUT2D eigenvalue weighted by molar-refractivity contribution is 1.14. The molecule has 0 aliphatic carbocycles. The number of aryl methyl sites for hydroxylation is 2. The summed E-state index contributed by atoms with van der Waals surface area (Å²) < 4.78 is 1.20. The van der Waals surface area contributed by atoms with Crippen LogP contribution in [0.4, 0.5) is 0 Å². The predicted molar refractivity (Wildman–Crippen MR) is 71.6 cm³/mol. The maximum Gasteiger partial charge on any atom is 0.0487 e. The summed E-state index contributed by atoms with van der Waals surface area (Å²) in [5.41, 5.74) is 4.13. The lowest BCUT2D eigenvalue weighted by Crippen LogP contribution is -1.87. The topological polar surface area (TPSA) is 0 Å². The second-order valence-electron chi connectivity index (χ2n) is 3.61. The Hall–Kier alpha value is -0.600. The van der Waals surface area contributed by atoms with Crippen molar-refractivity contribution in [1.29, 1.82) is 0 Å². The van der Waals surface area contributed by atoms with Crippen molar-refractivity contribution in [2.24, 2.45) is 0 Å². The number of benzene rings is 1. The number of thiophene rings is 1. The fraction of sp³-hybridized carbons (Fsp3) is 0.231. The number of halogens is 1. The van der Waals surface area contributed by atoms with Gasteiger partial charge < -0.3 is 0 Å². The standard InChI is InChI=1S/C13H13BrS/c1-3-10-8-9(2)4-5-11(10)13-12(14)6-7-15-13/h4-8H,3H2,1-2H3. The third-order valence-electron chi connectivity index (χ3n) is 2.50. The molecular weight excluding hydrogens is 268 g/mol. The summed E-state index contributed by atoms with van der Waals surface area (Å²) in [7, 11) is 0. The van der Waals surface area contributed by atoms with Crippen molar-refractivity contribution in [2.45, 2.75) is 20.3 Å². The van der Waals surface area contributed by atoms with Gasteiger partial charge in [-0.15, -0.1) is 11.3 Å². The largest absolute Gasteiger partial charge is 0.143 e. The van der Waals surface area contributed by atoms with Gasteiger partial charge in [0.1, 0.15) is 0 Å². The maximum absolute atomic E-state index is 3.60. The molecule has 15 heavy (non-hydrogen) atoms. The molecule has 2 rings (SSSR count). The molecule has 1 aromatic heterocycles. The van der Waals surface area contributed by atoms with E-state index in [9.17, 15) is 0 Å². The lowest BCUT2D eigenvalue weighted by atomic mass is 10.0. The van der Waals surface area contributed by atoms with Crippen LogP contribution in [-0.2, 0) is 6.42 Å². The highest BCUT2D eigenvalue weighted by Crippen LogP contribution is 2.35. The van der Waals surface area contributed by atoms with Crippen molar-refractivity contribution in [3.05, 3.63) is 45.2 Å². The molecule has 1 aromatic carbocycles. The first-order valence-corrected chi connectivity index (χ1v) is 6.72. The Bertz CT molecular complexity index is 471. The third-order valence-corrected chi connectivity index (χ3v) is 4.37. The summed E-state index contributed by atoms with van der Waals surface area (Å²) in [6.07, 6.45) is 1.08. The Balaban J connectivity index is 2.58. The molecular formula is C13H13BrS. The second kappa shape index (κ2) is 4.50. The molecule has 0 bridgehead atoms. The first-order chi connectivity index (χ1) is 7.22. The molecule has 0 fully saturated rings. The van der Waals surface area contributed by atoms with Crippen molar-refractivity contribution in [3.63, 3.8) is 0 Å². The summed E-state index contributed by atoms with van der Waals surface area (Å²) >= 11 is 5.39. The highest BCUT2D eigenvalue weighted by Gasteiger charge is 2.08. The lowest BCUT2D eigenvalue weighted by Gasteiger charge is -2.07. The predicted octanol–water partition coefficient (Wildman–Crippen LogP) is 5.05. The van der Waals surface area contributed by atoms with Crippen LogP contribution in [0.25, 0.3) is 10.4 Å². The van der Waals surface area contributed by atoms with Gasteiger partial charge in [-0.05, 0) is 51.8 Å². The van der Waals surface area contributed by atoms with Crippen LogP contribution in [0.1, 0.15) is 18.1 Å². The van der Waals surface area contributed by atoms with Gasteiger partial charge in [0, 0.05) is 9.35 Å². The van der Waals surface area contributed by atoms with Gasteiger partial charge in [0.05, 0.1) is 0 Å². The summed E-state index contributed by atoms with van der Waals surface area (Å²) in [4.78, 5) is 1.34. The molecule has 0 saturated heterocycles. The average Bonchev–Trinajstić information content (AvgIpc) is 2.64. The Labute approximate surface area is 103 Å². The number of hydrogen-bond acceptors (Lipinski definition) is 1. The van der Waals surface area contributed by atoms with E-state index >= 15 is 0 Å². The molecule has 0 amide bonds. The Morgan fingerprint density at radius 1 is 1.27 bits per heavy atom. The monoisotopic (exact) mass is 280 g/mol. The molecule has 2 heteroatoms. The van der Waals surface area contributed by atoms with Crippen LogP contribution in [0.15, 0.2) is 34.1 Å². The fourth-order valence-electron chi connectivity index (χ4n) is 1.72. The van der Waals surface area contributed by atoms with Crippen LogP contribution < -0.4 is 0 Å². The quantitative estimate of drug-likeness (QED) is 0.722. The van der Waals surface area contributed by atoms with E-state index in [2.05, 4.69) is 59.4 Å². The van der Waals surface area contributed by atoms with E-state index in [1.54, 1.807) is 11.3 Å². The van der Waals surface area contributed by atoms with Gasteiger partial charge in [-0.1, -0.05) is 30.7 Å².